The molecule has 8 heteroatoms. The molecule has 0 amide bonds. The number of esters is 3. The van der Waals surface area contributed by atoms with Gasteiger partial charge in [-0.05, 0) is 47.4 Å². The predicted molar refractivity (Wildman–Crippen MR) is 112 cm³/mol. The summed E-state index contributed by atoms with van der Waals surface area (Å²) < 4.78 is 26.9. The van der Waals surface area contributed by atoms with Crippen LogP contribution in [0.3, 0.4) is 0 Å². The van der Waals surface area contributed by atoms with Crippen molar-refractivity contribution in [3.8, 4) is 23.0 Å². The van der Waals surface area contributed by atoms with Gasteiger partial charge in [0.15, 0.2) is 23.0 Å². The first-order valence-corrected chi connectivity index (χ1v) is 10.2. The summed E-state index contributed by atoms with van der Waals surface area (Å²) in [6.45, 7) is 2.94. The van der Waals surface area contributed by atoms with Crippen LogP contribution in [-0.2, 0) is 25.5 Å². The lowest BCUT2D eigenvalue weighted by atomic mass is 9.67. The van der Waals surface area contributed by atoms with Gasteiger partial charge in [-0.15, -0.1) is 0 Å². The Hall–Kier alpha value is -3.55. The highest BCUT2D eigenvalue weighted by Crippen LogP contribution is 2.50. The lowest BCUT2D eigenvalue weighted by Crippen LogP contribution is -2.31. The third-order valence-electron chi connectivity index (χ3n) is 5.92. The van der Waals surface area contributed by atoms with Gasteiger partial charge in [-0.1, -0.05) is 6.07 Å². The number of hydrogen-bond acceptors (Lipinski definition) is 8. The minimum atomic E-state index is -0.458. The van der Waals surface area contributed by atoms with Gasteiger partial charge in [0.2, 0.25) is 0 Å². The number of rotatable bonds is 5. The molecule has 0 aromatic heterocycles. The van der Waals surface area contributed by atoms with Gasteiger partial charge in [-0.2, -0.15) is 0 Å². The molecule has 0 saturated carbocycles. The zero-order valence-corrected chi connectivity index (χ0v) is 18.3. The zero-order chi connectivity index (χ0) is 23.0. The van der Waals surface area contributed by atoms with E-state index in [4.69, 9.17) is 23.7 Å². The van der Waals surface area contributed by atoms with Crippen molar-refractivity contribution in [3.05, 3.63) is 47.0 Å². The SMILES string of the molecule is COc1cc([C@@H]2c3cc(OC(C)=O)c(OC)cc3C[C@H]3C(=O)OC[C@H]23)ccc1OC(C)=O. The minimum Gasteiger partial charge on any atom is -0.493 e. The van der Waals surface area contributed by atoms with E-state index < -0.39 is 11.9 Å². The minimum absolute atomic E-state index is 0.0992. The van der Waals surface area contributed by atoms with E-state index in [1.807, 2.05) is 12.1 Å². The van der Waals surface area contributed by atoms with E-state index in [2.05, 4.69) is 0 Å². The fraction of sp³-hybridized carbons (Fsp3) is 0.375. The average molecular weight is 440 g/mol. The smallest absolute Gasteiger partial charge is 0.309 e. The summed E-state index contributed by atoms with van der Waals surface area (Å²) in [5.41, 5.74) is 2.71. The van der Waals surface area contributed by atoms with Gasteiger partial charge in [0.05, 0.1) is 26.7 Å². The summed E-state index contributed by atoms with van der Waals surface area (Å²) in [6.07, 6.45) is 0.509. The van der Waals surface area contributed by atoms with Crippen LogP contribution < -0.4 is 18.9 Å². The van der Waals surface area contributed by atoms with Crippen LogP contribution in [0.2, 0.25) is 0 Å². The average Bonchev–Trinajstić information content (AvgIpc) is 3.11. The Morgan fingerprint density at radius 3 is 2.22 bits per heavy atom. The van der Waals surface area contributed by atoms with Crippen molar-refractivity contribution < 1.29 is 38.1 Å². The lowest BCUT2D eigenvalue weighted by Gasteiger charge is -2.34. The van der Waals surface area contributed by atoms with E-state index in [1.54, 1.807) is 18.2 Å². The predicted octanol–water partition coefficient (Wildman–Crippen LogP) is 3.03. The lowest BCUT2D eigenvalue weighted by molar-refractivity contribution is -0.141. The molecule has 3 atom stereocenters. The van der Waals surface area contributed by atoms with Crippen molar-refractivity contribution in [2.24, 2.45) is 11.8 Å². The molecule has 0 N–H and O–H groups in total. The molecule has 4 rings (SSSR count). The van der Waals surface area contributed by atoms with Gasteiger partial charge in [-0.25, -0.2) is 0 Å². The largest absolute Gasteiger partial charge is 0.493 e. The third kappa shape index (κ3) is 3.88. The van der Waals surface area contributed by atoms with E-state index >= 15 is 0 Å². The second-order valence-corrected chi connectivity index (χ2v) is 7.88. The highest BCUT2D eigenvalue weighted by molar-refractivity contribution is 5.77. The van der Waals surface area contributed by atoms with Crippen LogP contribution in [0.4, 0.5) is 0 Å². The van der Waals surface area contributed by atoms with Gasteiger partial charge < -0.3 is 23.7 Å². The molecule has 0 spiro atoms. The number of benzene rings is 2. The molecule has 32 heavy (non-hydrogen) atoms. The summed E-state index contributed by atoms with van der Waals surface area (Å²) >= 11 is 0. The molecular weight excluding hydrogens is 416 g/mol. The Kier molecular flexibility index (Phi) is 5.78. The molecule has 0 radical (unpaired) electrons. The summed E-state index contributed by atoms with van der Waals surface area (Å²) in [5, 5.41) is 0. The van der Waals surface area contributed by atoms with Crippen LogP contribution >= 0.6 is 0 Å². The number of methoxy groups -OCH3 is 2. The first-order chi connectivity index (χ1) is 15.3. The maximum atomic E-state index is 12.5. The number of ether oxygens (including phenoxy) is 5. The maximum Gasteiger partial charge on any atom is 0.309 e. The fourth-order valence-electron chi connectivity index (χ4n) is 4.63. The molecule has 2 aromatic rings. The van der Waals surface area contributed by atoms with E-state index in [9.17, 15) is 14.4 Å². The highest BCUT2D eigenvalue weighted by Gasteiger charge is 2.47. The summed E-state index contributed by atoms with van der Waals surface area (Å²) in [5.74, 6) is -0.305. The van der Waals surface area contributed by atoms with Crippen molar-refractivity contribution in [2.45, 2.75) is 26.2 Å². The molecule has 0 bridgehead atoms. The first kappa shape index (κ1) is 21.7. The third-order valence-corrected chi connectivity index (χ3v) is 5.92. The fourth-order valence-corrected chi connectivity index (χ4v) is 4.63. The summed E-state index contributed by atoms with van der Waals surface area (Å²) in [7, 11) is 3.00. The van der Waals surface area contributed by atoms with Gasteiger partial charge >= 0.3 is 17.9 Å². The first-order valence-electron chi connectivity index (χ1n) is 10.2. The van der Waals surface area contributed by atoms with Crippen LogP contribution in [0.25, 0.3) is 0 Å². The van der Waals surface area contributed by atoms with Crippen molar-refractivity contribution in [3.63, 3.8) is 0 Å². The molecule has 168 valence electrons. The molecule has 2 aliphatic rings. The second kappa shape index (κ2) is 8.53. The zero-order valence-electron chi connectivity index (χ0n) is 18.3. The normalized spacial score (nSPS) is 21.1. The standard InChI is InChI=1S/C24H24O8/c1-12(25)31-19-6-5-14(8-20(19)28-3)23-16-10-22(32-13(2)26)21(29-4)9-15(16)7-17-18(23)11-30-24(17)27/h5-6,8-10,17-18,23H,7,11H2,1-4H3/t17-,18+,23-/m1/s1. The highest BCUT2D eigenvalue weighted by atomic mass is 16.6. The molecule has 1 fully saturated rings. The van der Waals surface area contributed by atoms with Crippen LogP contribution in [-0.4, -0.2) is 38.7 Å². The molecule has 8 nitrogen and oxygen atoms in total. The number of fused-ring (bicyclic) bond motifs is 2. The van der Waals surface area contributed by atoms with Crippen LogP contribution in [0.15, 0.2) is 30.3 Å². The van der Waals surface area contributed by atoms with Gasteiger partial charge in [0, 0.05) is 25.7 Å². The quantitative estimate of drug-likeness (QED) is 0.517. The number of carbonyl (C=O) groups is 3. The molecule has 2 aromatic carbocycles. The number of cyclic esters (lactones) is 1. The Morgan fingerprint density at radius 1 is 0.906 bits per heavy atom. The van der Waals surface area contributed by atoms with E-state index in [-0.39, 0.29) is 30.3 Å². The van der Waals surface area contributed by atoms with Crippen molar-refractivity contribution in [1.29, 1.82) is 0 Å². The molecule has 1 heterocycles. The maximum absolute atomic E-state index is 12.5. The Balaban J connectivity index is 1.86. The van der Waals surface area contributed by atoms with Crippen LogP contribution in [0.1, 0.15) is 36.5 Å². The molecule has 1 saturated heterocycles. The molecule has 1 aliphatic carbocycles. The van der Waals surface area contributed by atoms with Crippen LogP contribution in [0, 0.1) is 11.8 Å². The molecular formula is C24H24O8. The van der Waals surface area contributed by atoms with Crippen molar-refractivity contribution >= 4 is 17.9 Å². The van der Waals surface area contributed by atoms with Crippen molar-refractivity contribution in [1.82, 2.24) is 0 Å². The number of hydrogen-bond donors (Lipinski definition) is 0. The van der Waals surface area contributed by atoms with Gasteiger partial charge in [0.1, 0.15) is 0 Å². The Labute approximate surface area is 185 Å². The topological polar surface area (TPSA) is 97.4 Å². The second-order valence-electron chi connectivity index (χ2n) is 7.88. The van der Waals surface area contributed by atoms with E-state index in [1.165, 1.54) is 28.1 Å². The summed E-state index contributed by atoms with van der Waals surface area (Å²) in [6, 6.07) is 8.93. The van der Waals surface area contributed by atoms with Crippen molar-refractivity contribution in [2.75, 3.05) is 20.8 Å². The number of carbonyl (C=O) groups excluding carboxylic acids is 3. The molecule has 1 aliphatic heterocycles. The van der Waals surface area contributed by atoms with Gasteiger partial charge in [-0.3, -0.25) is 14.4 Å². The van der Waals surface area contributed by atoms with E-state index in [0.29, 0.717) is 29.4 Å². The van der Waals surface area contributed by atoms with Gasteiger partial charge in [0.25, 0.3) is 0 Å². The summed E-state index contributed by atoms with van der Waals surface area (Å²) in [4.78, 5) is 35.5. The Bertz CT molecular complexity index is 1090. The monoisotopic (exact) mass is 440 g/mol. The molecule has 0 unspecified atom stereocenters. The van der Waals surface area contributed by atoms with Crippen LogP contribution in [0.5, 0.6) is 23.0 Å². The van der Waals surface area contributed by atoms with E-state index in [0.717, 1.165) is 16.7 Å². The Morgan fingerprint density at radius 2 is 1.56 bits per heavy atom.